The standard InChI is InChI=1S/C13H15ClN4O2S/c1-8-10(7-16-13(15)17-8)9-4-5-11(14)12(6-9)21(19,20)18(2)3/h4-7H,1-3H3,(H2,15,16,17). The number of anilines is 1. The molecule has 2 aromatic rings. The van der Waals surface area contributed by atoms with Gasteiger partial charge in [-0.2, -0.15) is 0 Å². The van der Waals surface area contributed by atoms with Crippen LogP contribution in [0.1, 0.15) is 5.69 Å². The molecule has 1 aromatic heterocycles. The Labute approximate surface area is 128 Å². The van der Waals surface area contributed by atoms with Crippen LogP contribution in [0.3, 0.4) is 0 Å². The van der Waals surface area contributed by atoms with Crippen molar-refractivity contribution in [2.24, 2.45) is 0 Å². The summed E-state index contributed by atoms with van der Waals surface area (Å²) in [7, 11) is -0.715. The molecular formula is C13H15ClN4O2S. The topological polar surface area (TPSA) is 89.2 Å². The maximum absolute atomic E-state index is 12.3. The Kier molecular flexibility index (Phi) is 4.18. The highest BCUT2D eigenvalue weighted by Gasteiger charge is 2.21. The summed E-state index contributed by atoms with van der Waals surface area (Å²) in [5.41, 5.74) is 7.56. The number of hydrogen-bond donors (Lipinski definition) is 1. The summed E-state index contributed by atoms with van der Waals surface area (Å²) in [6.07, 6.45) is 1.56. The van der Waals surface area contributed by atoms with Gasteiger partial charge in [0.2, 0.25) is 16.0 Å². The molecule has 0 spiro atoms. The Morgan fingerprint density at radius 3 is 2.52 bits per heavy atom. The van der Waals surface area contributed by atoms with Crippen molar-refractivity contribution in [3.63, 3.8) is 0 Å². The molecule has 0 aliphatic heterocycles. The van der Waals surface area contributed by atoms with Crippen molar-refractivity contribution >= 4 is 27.6 Å². The number of nitrogen functional groups attached to an aromatic ring is 1. The van der Waals surface area contributed by atoms with Gasteiger partial charge < -0.3 is 5.73 Å². The molecule has 0 unspecified atom stereocenters. The average molecular weight is 327 g/mol. The van der Waals surface area contributed by atoms with Gasteiger partial charge in [-0.1, -0.05) is 17.7 Å². The van der Waals surface area contributed by atoms with Crippen LogP contribution in [0.15, 0.2) is 29.3 Å². The van der Waals surface area contributed by atoms with E-state index in [-0.39, 0.29) is 15.9 Å². The Hall–Kier alpha value is -1.70. The first kappa shape index (κ1) is 15.7. The number of sulfonamides is 1. The Balaban J connectivity index is 2.64. The number of nitrogens with two attached hydrogens (primary N) is 1. The van der Waals surface area contributed by atoms with Crippen LogP contribution in [0.25, 0.3) is 11.1 Å². The molecule has 0 amide bonds. The van der Waals surface area contributed by atoms with Crippen LogP contribution in [0.4, 0.5) is 5.95 Å². The van der Waals surface area contributed by atoms with Crippen LogP contribution in [0.2, 0.25) is 5.02 Å². The van der Waals surface area contributed by atoms with Gasteiger partial charge in [-0.3, -0.25) is 0 Å². The number of aromatic nitrogens is 2. The minimum Gasteiger partial charge on any atom is -0.368 e. The zero-order valence-electron chi connectivity index (χ0n) is 11.8. The second-order valence-electron chi connectivity index (χ2n) is 4.66. The molecule has 112 valence electrons. The molecule has 0 bridgehead atoms. The van der Waals surface area contributed by atoms with Crippen LogP contribution in [0.5, 0.6) is 0 Å². The molecule has 6 nitrogen and oxygen atoms in total. The van der Waals surface area contributed by atoms with Crippen LogP contribution < -0.4 is 5.73 Å². The summed E-state index contributed by atoms with van der Waals surface area (Å²) >= 11 is 6.02. The van der Waals surface area contributed by atoms with E-state index in [1.165, 1.54) is 20.2 Å². The smallest absolute Gasteiger partial charge is 0.244 e. The van der Waals surface area contributed by atoms with E-state index >= 15 is 0 Å². The summed E-state index contributed by atoms with van der Waals surface area (Å²) in [6, 6.07) is 4.78. The van der Waals surface area contributed by atoms with Gasteiger partial charge in [0.25, 0.3) is 0 Å². The fourth-order valence-corrected chi connectivity index (χ4v) is 3.23. The molecule has 0 atom stereocenters. The molecule has 1 heterocycles. The second-order valence-corrected chi connectivity index (χ2v) is 7.19. The summed E-state index contributed by atoms with van der Waals surface area (Å²) in [6.45, 7) is 1.78. The first-order valence-corrected chi connectivity index (χ1v) is 7.87. The molecule has 0 fully saturated rings. The van der Waals surface area contributed by atoms with E-state index in [1.807, 2.05) is 0 Å². The normalized spacial score (nSPS) is 11.9. The molecule has 8 heteroatoms. The predicted octanol–water partition coefficient (Wildman–Crippen LogP) is 1.94. The number of aryl methyl sites for hydroxylation is 1. The molecule has 0 saturated heterocycles. The lowest BCUT2D eigenvalue weighted by Gasteiger charge is -2.14. The maximum Gasteiger partial charge on any atom is 0.244 e. The monoisotopic (exact) mass is 326 g/mol. The fraction of sp³-hybridized carbons (Fsp3) is 0.231. The van der Waals surface area contributed by atoms with Gasteiger partial charge in [0, 0.05) is 25.9 Å². The number of nitrogens with zero attached hydrogens (tertiary/aromatic N) is 3. The third kappa shape index (κ3) is 2.99. The van der Waals surface area contributed by atoms with E-state index < -0.39 is 10.0 Å². The SMILES string of the molecule is Cc1nc(N)ncc1-c1ccc(Cl)c(S(=O)(=O)N(C)C)c1. The molecule has 21 heavy (non-hydrogen) atoms. The Morgan fingerprint density at radius 1 is 1.29 bits per heavy atom. The van der Waals surface area contributed by atoms with Gasteiger partial charge in [-0.05, 0) is 24.6 Å². The van der Waals surface area contributed by atoms with Crippen molar-refractivity contribution in [3.8, 4) is 11.1 Å². The van der Waals surface area contributed by atoms with Gasteiger partial charge in [0.15, 0.2) is 0 Å². The molecule has 0 saturated carbocycles. The zero-order valence-corrected chi connectivity index (χ0v) is 13.4. The average Bonchev–Trinajstić information content (AvgIpc) is 2.39. The van der Waals surface area contributed by atoms with Gasteiger partial charge in [-0.25, -0.2) is 22.7 Å². The lowest BCUT2D eigenvalue weighted by molar-refractivity contribution is 0.521. The van der Waals surface area contributed by atoms with Gasteiger partial charge >= 0.3 is 0 Å². The van der Waals surface area contributed by atoms with Crippen LogP contribution in [-0.2, 0) is 10.0 Å². The fourth-order valence-electron chi connectivity index (χ4n) is 1.83. The van der Waals surface area contributed by atoms with Crippen molar-refractivity contribution in [2.75, 3.05) is 19.8 Å². The molecule has 0 aliphatic rings. The van der Waals surface area contributed by atoms with Crippen molar-refractivity contribution in [2.45, 2.75) is 11.8 Å². The quantitative estimate of drug-likeness (QED) is 0.931. The van der Waals surface area contributed by atoms with Crippen molar-refractivity contribution < 1.29 is 8.42 Å². The zero-order chi connectivity index (χ0) is 15.8. The highest BCUT2D eigenvalue weighted by molar-refractivity contribution is 7.89. The van der Waals surface area contributed by atoms with E-state index in [9.17, 15) is 8.42 Å². The predicted molar refractivity (Wildman–Crippen MR) is 82.5 cm³/mol. The lowest BCUT2D eigenvalue weighted by atomic mass is 10.1. The molecule has 1 aromatic carbocycles. The number of halogens is 1. The third-order valence-electron chi connectivity index (χ3n) is 3.00. The van der Waals surface area contributed by atoms with E-state index in [1.54, 1.807) is 25.3 Å². The Morgan fingerprint density at radius 2 is 1.95 bits per heavy atom. The van der Waals surface area contributed by atoms with E-state index in [4.69, 9.17) is 17.3 Å². The first-order valence-electron chi connectivity index (χ1n) is 6.05. The van der Waals surface area contributed by atoms with Gasteiger partial charge in [0.05, 0.1) is 10.7 Å². The second kappa shape index (κ2) is 5.59. The van der Waals surface area contributed by atoms with E-state index in [2.05, 4.69) is 9.97 Å². The number of hydrogen-bond acceptors (Lipinski definition) is 5. The lowest BCUT2D eigenvalue weighted by Crippen LogP contribution is -2.22. The highest BCUT2D eigenvalue weighted by Crippen LogP contribution is 2.30. The minimum absolute atomic E-state index is 0.0443. The summed E-state index contributed by atoms with van der Waals surface area (Å²) in [5.74, 6) is 0.173. The summed E-state index contributed by atoms with van der Waals surface area (Å²) in [4.78, 5) is 8.06. The highest BCUT2D eigenvalue weighted by atomic mass is 35.5. The molecule has 0 aliphatic carbocycles. The van der Waals surface area contributed by atoms with Crippen LogP contribution in [0, 0.1) is 6.92 Å². The van der Waals surface area contributed by atoms with Gasteiger partial charge in [0.1, 0.15) is 4.90 Å². The molecule has 2 rings (SSSR count). The van der Waals surface area contributed by atoms with Crippen molar-refractivity contribution in [1.82, 2.24) is 14.3 Å². The molecule has 2 N–H and O–H groups in total. The summed E-state index contributed by atoms with van der Waals surface area (Å²) in [5, 5.41) is 0.168. The molecule has 0 radical (unpaired) electrons. The maximum atomic E-state index is 12.3. The number of rotatable bonds is 3. The molecular weight excluding hydrogens is 312 g/mol. The number of benzene rings is 1. The van der Waals surface area contributed by atoms with Crippen LogP contribution in [-0.4, -0.2) is 36.8 Å². The summed E-state index contributed by atoms with van der Waals surface area (Å²) < 4.78 is 25.6. The minimum atomic E-state index is -3.62. The van der Waals surface area contributed by atoms with Crippen molar-refractivity contribution in [3.05, 3.63) is 35.1 Å². The van der Waals surface area contributed by atoms with E-state index in [0.717, 1.165) is 4.31 Å². The van der Waals surface area contributed by atoms with Crippen LogP contribution >= 0.6 is 11.6 Å². The third-order valence-corrected chi connectivity index (χ3v) is 5.30. The van der Waals surface area contributed by atoms with Crippen molar-refractivity contribution in [1.29, 1.82) is 0 Å². The first-order chi connectivity index (χ1) is 9.73. The van der Waals surface area contributed by atoms with Gasteiger partial charge in [-0.15, -0.1) is 0 Å². The largest absolute Gasteiger partial charge is 0.368 e. The van der Waals surface area contributed by atoms with E-state index in [0.29, 0.717) is 16.8 Å². The Bertz CT molecular complexity index is 791.